The van der Waals surface area contributed by atoms with Crippen molar-refractivity contribution in [3.8, 4) is 0 Å². The first-order chi connectivity index (χ1) is 13.3. The van der Waals surface area contributed by atoms with Gasteiger partial charge in [-0.25, -0.2) is 18.3 Å². The normalized spacial score (nSPS) is 21.7. The van der Waals surface area contributed by atoms with E-state index in [0.717, 1.165) is 19.3 Å². The molecule has 29 heavy (non-hydrogen) atoms. The van der Waals surface area contributed by atoms with Crippen LogP contribution in [0.3, 0.4) is 0 Å². The average molecular weight is 440 g/mol. The second-order valence-corrected chi connectivity index (χ2v) is 10.5. The fourth-order valence-electron chi connectivity index (χ4n) is 3.69. The third kappa shape index (κ3) is 8.04. The molecule has 2 aliphatic rings. The molecule has 2 fully saturated rings. The molecule has 0 bridgehead atoms. The Morgan fingerprint density at radius 2 is 1.72 bits per heavy atom. The van der Waals surface area contributed by atoms with E-state index < -0.39 is 45.7 Å². The van der Waals surface area contributed by atoms with Gasteiger partial charge in [0.25, 0.3) is 5.91 Å². The van der Waals surface area contributed by atoms with Gasteiger partial charge in [-0.15, -0.1) is 0 Å². The van der Waals surface area contributed by atoms with Crippen LogP contribution in [0, 0.1) is 11.8 Å². The van der Waals surface area contributed by atoms with Crippen molar-refractivity contribution in [2.45, 2.75) is 83.3 Å². The summed E-state index contributed by atoms with van der Waals surface area (Å²) in [5.41, 5.74) is -0.768. The van der Waals surface area contributed by atoms with Crippen molar-refractivity contribution in [2.75, 3.05) is 6.54 Å². The smallest absolute Gasteiger partial charge is 0.408 e. The van der Waals surface area contributed by atoms with E-state index in [1.54, 1.807) is 20.8 Å². The Morgan fingerprint density at radius 3 is 2.24 bits per heavy atom. The summed E-state index contributed by atoms with van der Waals surface area (Å²) in [6.45, 7) is 4.87. The number of carbonyl (C=O) groups is 2. The molecule has 0 aromatic rings. The van der Waals surface area contributed by atoms with Gasteiger partial charge in [0, 0.05) is 19.4 Å². The molecule has 0 aromatic heterocycles. The molecule has 0 heterocycles. The standard InChI is InChI=1S/C18H31F2N3O5S/c1-17(2,3)28-16(25)22-14(13-7-5-4-6-8-13)15(24)23-29(26,27)21-11-12-9-18(19,20)10-12/h12-14,21H,4-11H2,1-3H3,(H,22,25)(H,23,24)/t14-/m0/s1. The van der Waals surface area contributed by atoms with Crippen LogP contribution in [0.5, 0.6) is 0 Å². The van der Waals surface area contributed by atoms with Crippen molar-refractivity contribution in [1.82, 2.24) is 14.8 Å². The first-order valence-corrected chi connectivity index (χ1v) is 11.4. The van der Waals surface area contributed by atoms with Crippen LogP contribution in [0.15, 0.2) is 0 Å². The van der Waals surface area contributed by atoms with Gasteiger partial charge in [0.05, 0.1) is 0 Å². The topological polar surface area (TPSA) is 114 Å². The maximum absolute atomic E-state index is 12.9. The van der Waals surface area contributed by atoms with Gasteiger partial charge in [-0.3, -0.25) is 4.79 Å². The molecule has 8 nitrogen and oxygen atoms in total. The van der Waals surface area contributed by atoms with Crippen molar-refractivity contribution in [2.24, 2.45) is 11.8 Å². The Kier molecular flexibility index (Phi) is 7.47. The summed E-state index contributed by atoms with van der Waals surface area (Å²) >= 11 is 0. The van der Waals surface area contributed by atoms with Crippen LogP contribution in [0.1, 0.15) is 65.7 Å². The van der Waals surface area contributed by atoms with Gasteiger partial charge in [0.15, 0.2) is 0 Å². The zero-order valence-corrected chi connectivity index (χ0v) is 17.9. The predicted molar refractivity (Wildman–Crippen MR) is 102 cm³/mol. The zero-order chi connectivity index (χ0) is 21.9. The molecular weight excluding hydrogens is 408 g/mol. The van der Waals surface area contributed by atoms with Crippen LogP contribution < -0.4 is 14.8 Å². The Bertz CT molecular complexity index is 695. The minimum Gasteiger partial charge on any atom is -0.444 e. The summed E-state index contributed by atoms with van der Waals surface area (Å²) in [5, 5.41) is 2.50. The number of nitrogens with one attached hydrogen (secondary N) is 3. The summed E-state index contributed by atoms with van der Waals surface area (Å²) in [6, 6.07) is -1.06. The van der Waals surface area contributed by atoms with E-state index in [9.17, 15) is 26.8 Å². The number of amides is 2. The molecule has 0 aliphatic heterocycles. The molecule has 0 saturated heterocycles. The summed E-state index contributed by atoms with van der Waals surface area (Å²) in [5.74, 6) is -4.29. The first kappa shape index (κ1) is 23.8. The lowest BCUT2D eigenvalue weighted by molar-refractivity contribution is -0.123. The molecule has 168 valence electrons. The van der Waals surface area contributed by atoms with Crippen molar-refractivity contribution in [3.05, 3.63) is 0 Å². The Hall–Kier alpha value is -1.49. The second-order valence-electron chi connectivity index (χ2n) is 8.97. The van der Waals surface area contributed by atoms with Gasteiger partial charge in [-0.05, 0) is 45.4 Å². The van der Waals surface area contributed by atoms with Crippen LogP contribution in [0.4, 0.5) is 13.6 Å². The molecule has 0 spiro atoms. The highest BCUT2D eigenvalue weighted by Crippen LogP contribution is 2.41. The largest absolute Gasteiger partial charge is 0.444 e. The van der Waals surface area contributed by atoms with Crippen LogP contribution in [0.25, 0.3) is 0 Å². The van der Waals surface area contributed by atoms with E-state index in [2.05, 4.69) is 10.0 Å². The number of ether oxygens (including phenoxy) is 1. The van der Waals surface area contributed by atoms with E-state index in [-0.39, 0.29) is 25.3 Å². The molecule has 0 unspecified atom stereocenters. The van der Waals surface area contributed by atoms with Crippen molar-refractivity contribution < 1.29 is 31.5 Å². The number of halogens is 2. The maximum atomic E-state index is 12.9. The van der Waals surface area contributed by atoms with Gasteiger partial charge in [0.2, 0.25) is 5.92 Å². The molecule has 2 aliphatic carbocycles. The van der Waals surface area contributed by atoms with Crippen molar-refractivity contribution in [3.63, 3.8) is 0 Å². The Morgan fingerprint density at radius 1 is 1.14 bits per heavy atom. The van der Waals surface area contributed by atoms with Crippen LogP contribution in [0.2, 0.25) is 0 Å². The fourth-order valence-corrected chi connectivity index (χ4v) is 4.61. The number of hydrogen-bond donors (Lipinski definition) is 3. The number of carbonyl (C=O) groups excluding carboxylic acids is 2. The third-order valence-corrected chi connectivity index (χ3v) is 6.06. The highest BCUT2D eigenvalue weighted by Gasteiger charge is 2.45. The van der Waals surface area contributed by atoms with Gasteiger partial charge >= 0.3 is 16.3 Å². The van der Waals surface area contributed by atoms with Gasteiger partial charge in [-0.1, -0.05) is 19.3 Å². The molecule has 1 atom stereocenters. The van der Waals surface area contributed by atoms with E-state index >= 15 is 0 Å². The van der Waals surface area contributed by atoms with E-state index in [1.807, 2.05) is 4.72 Å². The first-order valence-electron chi connectivity index (χ1n) is 9.95. The Labute approximate surface area is 170 Å². The maximum Gasteiger partial charge on any atom is 0.408 e. The highest BCUT2D eigenvalue weighted by atomic mass is 32.2. The third-order valence-electron chi connectivity index (χ3n) is 5.05. The van der Waals surface area contributed by atoms with Crippen LogP contribution in [-0.4, -0.2) is 44.5 Å². The molecule has 0 aromatic carbocycles. The molecular formula is C18H31F2N3O5S. The lowest BCUT2D eigenvalue weighted by Gasteiger charge is -2.35. The summed E-state index contributed by atoms with van der Waals surface area (Å²) in [6.07, 6.45) is 2.57. The van der Waals surface area contributed by atoms with Gasteiger partial charge in [0.1, 0.15) is 11.6 Å². The van der Waals surface area contributed by atoms with E-state index in [4.69, 9.17) is 4.74 Å². The lowest BCUT2D eigenvalue weighted by Crippen LogP contribution is -2.55. The average Bonchev–Trinajstić information content (AvgIpc) is 2.54. The van der Waals surface area contributed by atoms with E-state index in [1.165, 1.54) is 0 Å². The number of alkyl carbamates (subject to hydrolysis) is 1. The molecule has 3 N–H and O–H groups in total. The number of hydrogen-bond acceptors (Lipinski definition) is 5. The monoisotopic (exact) mass is 439 g/mol. The predicted octanol–water partition coefficient (Wildman–Crippen LogP) is 2.46. The zero-order valence-electron chi connectivity index (χ0n) is 17.1. The van der Waals surface area contributed by atoms with Crippen LogP contribution >= 0.6 is 0 Å². The quantitative estimate of drug-likeness (QED) is 0.564. The molecule has 2 saturated carbocycles. The Balaban J connectivity index is 1.97. The second kappa shape index (κ2) is 9.11. The van der Waals surface area contributed by atoms with Crippen LogP contribution in [-0.2, 0) is 19.7 Å². The summed E-state index contributed by atoms with van der Waals surface area (Å²) in [4.78, 5) is 24.8. The highest BCUT2D eigenvalue weighted by molar-refractivity contribution is 7.88. The lowest BCUT2D eigenvalue weighted by atomic mass is 9.82. The van der Waals surface area contributed by atoms with E-state index in [0.29, 0.717) is 12.8 Å². The summed E-state index contributed by atoms with van der Waals surface area (Å²) in [7, 11) is -4.23. The number of rotatable bonds is 7. The minimum absolute atomic E-state index is 0.175. The van der Waals surface area contributed by atoms with Gasteiger partial charge in [-0.2, -0.15) is 13.1 Å². The fraction of sp³-hybridized carbons (Fsp3) is 0.889. The minimum atomic E-state index is -4.23. The molecule has 0 radical (unpaired) electrons. The number of alkyl halides is 2. The molecule has 11 heteroatoms. The summed E-state index contributed by atoms with van der Waals surface area (Å²) < 4.78 is 59.3. The van der Waals surface area contributed by atoms with Crippen molar-refractivity contribution >= 4 is 22.2 Å². The molecule has 2 rings (SSSR count). The van der Waals surface area contributed by atoms with Crippen molar-refractivity contribution in [1.29, 1.82) is 0 Å². The van der Waals surface area contributed by atoms with Gasteiger partial charge < -0.3 is 10.1 Å². The SMILES string of the molecule is CC(C)(C)OC(=O)N[C@H](C(=O)NS(=O)(=O)NCC1CC(F)(F)C1)C1CCCCC1. The molecule has 2 amide bonds.